The molecule has 0 aliphatic heterocycles. The number of thiophene rings is 1. The van der Waals surface area contributed by atoms with E-state index in [2.05, 4.69) is 40.4 Å². The number of methoxy groups -OCH3 is 1. The zero-order chi connectivity index (χ0) is 10.1. The van der Waals surface area contributed by atoms with E-state index in [0.29, 0.717) is 0 Å². The molecule has 3 heteroatoms. The first kappa shape index (κ1) is 9.99. The van der Waals surface area contributed by atoms with Gasteiger partial charge in [-0.05, 0) is 40.0 Å². The maximum absolute atomic E-state index is 5.37. The first-order valence-electron chi connectivity index (χ1n) is 4.50. The number of halogens is 1. The second-order valence-corrected chi connectivity index (χ2v) is 4.85. The van der Waals surface area contributed by atoms with Gasteiger partial charge in [-0.25, -0.2) is 0 Å². The minimum Gasteiger partial charge on any atom is -0.495 e. The molecule has 0 aliphatic rings. The van der Waals surface area contributed by atoms with Gasteiger partial charge in [0.05, 0.1) is 11.8 Å². The Morgan fingerprint density at radius 1 is 1.43 bits per heavy atom. The highest BCUT2D eigenvalue weighted by Crippen LogP contribution is 2.37. The van der Waals surface area contributed by atoms with Crippen molar-refractivity contribution in [3.8, 4) is 5.75 Å². The lowest BCUT2D eigenvalue weighted by Crippen LogP contribution is -1.86. The van der Waals surface area contributed by atoms with Crippen LogP contribution in [0.3, 0.4) is 0 Å². The number of ether oxygens (including phenoxy) is 1. The van der Waals surface area contributed by atoms with Crippen molar-refractivity contribution in [1.82, 2.24) is 0 Å². The van der Waals surface area contributed by atoms with Crippen molar-refractivity contribution >= 4 is 37.4 Å². The highest BCUT2D eigenvalue weighted by molar-refractivity contribution is 9.10. The molecule has 1 aromatic carbocycles. The molecule has 0 aliphatic carbocycles. The van der Waals surface area contributed by atoms with Crippen LogP contribution in [0, 0.1) is 0 Å². The zero-order valence-electron chi connectivity index (χ0n) is 8.13. The third kappa shape index (κ3) is 1.55. The van der Waals surface area contributed by atoms with Gasteiger partial charge in [-0.15, -0.1) is 11.3 Å². The quantitative estimate of drug-likeness (QED) is 0.794. The lowest BCUT2D eigenvalue weighted by Gasteiger charge is -2.04. The second-order valence-electron chi connectivity index (χ2n) is 3.11. The predicted octanol–water partition coefficient (Wildman–Crippen LogP) is 4.23. The summed E-state index contributed by atoms with van der Waals surface area (Å²) in [5.74, 6) is 0.982. The van der Waals surface area contributed by atoms with Crippen molar-refractivity contribution < 1.29 is 4.74 Å². The van der Waals surface area contributed by atoms with Gasteiger partial charge in [-0.2, -0.15) is 0 Å². The SMILES string of the molecule is CCc1cc(OC)c2scc(Br)c2c1. The van der Waals surface area contributed by atoms with E-state index in [1.54, 1.807) is 18.4 Å². The molecule has 2 rings (SSSR count). The van der Waals surface area contributed by atoms with Crippen molar-refractivity contribution in [2.75, 3.05) is 7.11 Å². The average molecular weight is 271 g/mol. The van der Waals surface area contributed by atoms with Crippen LogP contribution in [0.1, 0.15) is 12.5 Å². The lowest BCUT2D eigenvalue weighted by molar-refractivity contribution is 0.420. The lowest BCUT2D eigenvalue weighted by atomic mass is 10.1. The number of fused-ring (bicyclic) bond motifs is 1. The Morgan fingerprint density at radius 2 is 2.21 bits per heavy atom. The van der Waals surface area contributed by atoms with Crippen molar-refractivity contribution in [3.63, 3.8) is 0 Å². The van der Waals surface area contributed by atoms with Crippen molar-refractivity contribution in [2.24, 2.45) is 0 Å². The third-order valence-electron chi connectivity index (χ3n) is 2.28. The Kier molecular flexibility index (Phi) is 2.79. The van der Waals surface area contributed by atoms with Crippen LogP contribution in [0.15, 0.2) is 22.0 Å². The van der Waals surface area contributed by atoms with Gasteiger partial charge >= 0.3 is 0 Å². The summed E-state index contributed by atoms with van der Waals surface area (Å²) in [6.07, 6.45) is 1.04. The largest absolute Gasteiger partial charge is 0.495 e. The molecule has 0 atom stereocenters. The molecule has 14 heavy (non-hydrogen) atoms. The Morgan fingerprint density at radius 3 is 2.86 bits per heavy atom. The topological polar surface area (TPSA) is 9.23 Å². The van der Waals surface area contributed by atoms with Crippen molar-refractivity contribution in [1.29, 1.82) is 0 Å². The zero-order valence-corrected chi connectivity index (χ0v) is 10.5. The summed E-state index contributed by atoms with van der Waals surface area (Å²) in [5.41, 5.74) is 1.31. The highest BCUT2D eigenvalue weighted by Gasteiger charge is 2.08. The Labute approximate surface area is 95.8 Å². The van der Waals surface area contributed by atoms with Crippen LogP contribution in [0.4, 0.5) is 0 Å². The van der Waals surface area contributed by atoms with E-state index in [9.17, 15) is 0 Å². The maximum Gasteiger partial charge on any atom is 0.136 e. The monoisotopic (exact) mass is 270 g/mol. The number of rotatable bonds is 2. The molecular weight excluding hydrogens is 260 g/mol. The van der Waals surface area contributed by atoms with E-state index in [1.165, 1.54) is 15.6 Å². The van der Waals surface area contributed by atoms with E-state index in [-0.39, 0.29) is 0 Å². The van der Waals surface area contributed by atoms with Gasteiger partial charge in [-0.3, -0.25) is 0 Å². The molecule has 0 saturated heterocycles. The average Bonchev–Trinajstić information content (AvgIpc) is 2.59. The summed E-state index contributed by atoms with van der Waals surface area (Å²) >= 11 is 5.26. The molecule has 0 radical (unpaired) electrons. The van der Waals surface area contributed by atoms with Crippen LogP contribution < -0.4 is 4.74 Å². The molecule has 0 bridgehead atoms. The summed E-state index contributed by atoms with van der Waals surface area (Å²) < 4.78 is 7.75. The normalized spacial score (nSPS) is 10.8. The van der Waals surface area contributed by atoms with E-state index in [0.717, 1.165) is 16.6 Å². The molecular formula is C11H11BrOS. The predicted molar refractivity (Wildman–Crippen MR) is 65.5 cm³/mol. The van der Waals surface area contributed by atoms with E-state index < -0.39 is 0 Å². The standard InChI is InChI=1S/C11H11BrOS/c1-3-7-4-8-9(12)6-14-11(8)10(5-7)13-2/h4-6H,3H2,1-2H3. The summed E-state index contributed by atoms with van der Waals surface area (Å²) in [5, 5.41) is 3.36. The maximum atomic E-state index is 5.37. The van der Waals surface area contributed by atoms with E-state index in [1.807, 2.05) is 0 Å². The summed E-state index contributed by atoms with van der Waals surface area (Å²) in [4.78, 5) is 0. The van der Waals surface area contributed by atoms with Gasteiger partial charge in [0.1, 0.15) is 5.75 Å². The van der Waals surface area contributed by atoms with Crippen LogP contribution in [-0.4, -0.2) is 7.11 Å². The molecule has 0 fully saturated rings. The van der Waals surface area contributed by atoms with Gasteiger partial charge in [0.15, 0.2) is 0 Å². The van der Waals surface area contributed by atoms with Crippen LogP contribution in [0.2, 0.25) is 0 Å². The molecule has 0 unspecified atom stereocenters. The highest BCUT2D eigenvalue weighted by atomic mass is 79.9. The van der Waals surface area contributed by atoms with Gasteiger partial charge < -0.3 is 4.74 Å². The third-order valence-corrected chi connectivity index (χ3v) is 4.25. The van der Waals surface area contributed by atoms with Gasteiger partial charge in [-0.1, -0.05) is 6.92 Å². The van der Waals surface area contributed by atoms with Crippen molar-refractivity contribution in [3.05, 3.63) is 27.5 Å². The number of aryl methyl sites for hydroxylation is 1. The first-order chi connectivity index (χ1) is 6.76. The smallest absolute Gasteiger partial charge is 0.136 e. The molecule has 1 heterocycles. The fourth-order valence-electron chi connectivity index (χ4n) is 1.49. The number of hydrogen-bond acceptors (Lipinski definition) is 2. The molecule has 74 valence electrons. The first-order valence-corrected chi connectivity index (χ1v) is 6.17. The Hall–Kier alpha value is -0.540. The second kappa shape index (κ2) is 3.91. The summed E-state index contributed by atoms with van der Waals surface area (Å²) in [7, 11) is 1.72. The van der Waals surface area contributed by atoms with Crippen LogP contribution in [0.5, 0.6) is 5.75 Å². The fourth-order valence-corrected chi connectivity index (χ4v) is 3.11. The van der Waals surface area contributed by atoms with Crippen molar-refractivity contribution in [2.45, 2.75) is 13.3 Å². The van der Waals surface area contributed by atoms with Gasteiger partial charge in [0.25, 0.3) is 0 Å². The van der Waals surface area contributed by atoms with E-state index in [4.69, 9.17) is 4.74 Å². The fraction of sp³-hybridized carbons (Fsp3) is 0.273. The Bertz CT molecular complexity index is 462. The minimum atomic E-state index is 0.982. The molecule has 1 nitrogen and oxygen atoms in total. The summed E-state index contributed by atoms with van der Waals surface area (Å²) in [6, 6.07) is 4.34. The Balaban J connectivity index is 2.76. The van der Waals surface area contributed by atoms with Crippen LogP contribution in [0.25, 0.3) is 10.1 Å². The summed E-state index contributed by atoms with van der Waals surface area (Å²) in [6.45, 7) is 2.15. The molecule has 0 N–H and O–H groups in total. The molecule has 0 amide bonds. The number of benzene rings is 1. The molecule has 0 saturated carbocycles. The molecule has 0 spiro atoms. The minimum absolute atomic E-state index is 0.982. The van der Waals surface area contributed by atoms with Crippen LogP contribution in [-0.2, 0) is 6.42 Å². The van der Waals surface area contributed by atoms with Crippen LogP contribution >= 0.6 is 27.3 Å². The molecule has 1 aromatic heterocycles. The van der Waals surface area contributed by atoms with E-state index >= 15 is 0 Å². The molecule has 2 aromatic rings. The number of hydrogen-bond donors (Lipinski definition) is 0. The van der Waals surface area contributed by atoms with Gasteiger partial charge in [0.2, 0.25) is 0 Å². The van der Waals surface area contributed by atoms with Gasteiger partial charge in [0, 0.05) is 15.2 Å².